The maximum absolute atomic E-state index is 9.63. The number of hydrogen-bond donors (Lipinski definition) is 5. The second-order valence-electron chi connectivity index (χ2n) is 4.85. The summed E-state index contributed by atoms with van der Waals surface area (Å²) in [5, 5.41) is 46.4. The van der Waals surface area contributed by atoms with Crippen LogP contribution in [0.25, 0.3) is 0 Å². The number of hydrogen-bond acceptors (Lipinski definition) is 5. The van der Waals surface area contributed by atoms with Crippen LogP contribution in [-0.4, -0.2) is 56.6 Å². The molecule has 0 radical (unpaired) electrons. The van der Waals surface area contributed by atoms with Gasteiger partial charge in [0.05, 0.1) is 12.7 Å². The summed E-state index contributed by atoms with van der Waals surface area (Å²) >= 11 is 0. The summed E-state index contributed by atoms with van der Waals surface area (Å²) in [6.45, 7) is 1.51. The van der Waals surface area contributed by atoms with Crippen LogP contribution in [0.2, 0.25) is 0 Å². The van der Waals surface area contributed by atoms with E-state index in [4.69, 9.17) is 10.2 Å². The molecule has 5 heteroatoms. The van der Waals surface area contributed by atoms with Crippen LogP contribution in [0.15, 0.2) is 0 Å². The molecule has 0 aromatic carbocycles. The molecule has 110 valence electrons. The van der Waals surface area contributed by atoms with Gasteiger partial charge in [-0.3, -0.25) is 0 Å². The number of unbranched alkanes of at least 4 members (excludes halogenated alkanes) is 5. The summed E-state index contributed by atoms with van der Waals surface area (Å²) in [7, 11) is 0. The van der Waals surface area contributed by atoms with E-state index in [-0.39, 0.29) is 0 Å². The first kappa shape index (κ1) is 17.8. The lowest BCUT2D eigenvalue weighted by molar-refractivity contribution is -0.116. The fraction of sp³-hybridized carbons (Fsp3) is 1.00. The summed E-state index contributed by atoms with van der Waals surface area (Å²) in [5.74, 6) is 0. The molecule has 0 aromatic rings. The van der Waals surface area contributed by atoms with Crippen LogP contribution in [0.1, 0.15) is 51.9 Å². The Kier molecular flexibility index (Phi) is 10.6. The van der Waals surface area contributed by atoms with E-state index in [1.165, 1.54) is 19.3 Å². The summed E-state index contributed by atoms with van der Waals surface area (Å²) < 4.78 is 0. The Morgan fingerprint density at radius 3 is 1.78 bits per heavy atom. The fourth-order valence-electron chi connectivity index (χ4n) is 1.87. The SMILES string of the molecule is CCCCCCCCC(O)C(O)C(O)C(O)CO. The predicted molar refractivity (Wildman–Crippen MR) is 69.1 cm³/mol. The zero-order chi connectivity index (χ0) is 14.0. The molecule has 0 rings (SSSR count). The van der Waals surface area contributed by atoms with Crippen molar-refractivity contribution in [1.29, 1.82) is 0 Å². The third kappa shape index (κ3) is 7.28. The second kappa shape index (κ2) is 10.7. The van der Waals surface area contributed by atoms with E-state index in [9.17, 15) is 15.3 Å². The monoisotopic (exact) mass is 264 g/mol. The van der Waals surface area contributed by atoms with Crippen molar-refractivity contribution in [3.63, 3.8) is 0 Å². The highest BCUT2D eigenvalue weighted by atomic mass is 16.4. The Labute approximate surface area is 109 Å². The molecule has 0 saturated heterocycles. The first-order valence-corrected chi connectivity index (χ1v) is 6.87. The maximum Gasteiger partial charge on any atom is 0.110 e. The molecular formula is C13H28O5. The zero-order valence-electron chi connectivity index (χ0n) is 11.2. The van der Waals surface area contributed by atoms with Gasteiger partial charge in [-0.25, -0.2) is 0 Å². The summed E-state index contributed by atoms with van der Waals surface area (Å²) in [6, 6.07) is 0. The topological polar surface area (TPSA) is 101 Å². The smallest absolute Gasteiger partial charge is 0.110 e. The van der Waals surface area contributed by atoms with Crippen molar-refractivity contribution in [2.75, 3.05) is 6.61 Å². The lowest BCUT2D eigenvalue weighted by atomic mass is 9.98. The number of rotatable bonds is 11. The minimum absolute atomic E-state index is 0.391. The van der Waals surface area contributed by atoms with Crippen LogP contribution >= 0.6 is 0 Å². The van der Waals surface area contributed by atoms with Crippen molar-refractivity contribution >= 4 is 0 Å². The van der Waals surface area contributed by atoms with E-state index in [0.717, 1.165) is 19.3 Å². The maximum atomic E-state index is 9.63. The van der Waals surface area contributed by atoms with Gasteiger partial charge in [0.2, 0.25) is 0 Å². The first-order valence-electron chi connectivity index (χ1n) is 6.87. The Morgan fingerprint density at radius 2 is 1.22 bits per heavy atom. The van der Waals surface area contributed by atoms with Gasteiger partial charge in [-0.15, -0.1) is 0 Å². The summed E-state index contributed by atoms with van der Waals surface area (Å²) in [4.78, 5) is 0. The third-order valence-corrected chi connectivity index (χ3v) is 3.18. The highest BCUT2D eigenvalue weighted by Gasteiger charge is 2.29. The Morgan fingerprint density at radius 1 is 0.722 bits per heavy atom. The average Bonchev–Trinajstić information content (AvgIpc) is 2.39. The molecule has 0 aliphatic heterocycles. The molecule has 4 unspecified atom stereocenters. The molecule has 0 aliphatic rings. The minimum atomic E-state index is -1.51. The molecule has 18 heavy (non-hydrogen) atoms. The van der Waals surface area contributed by atoms with Gasteiger partial charge in [-0.1, -0.05) is 45.4 Å². The van der Waals surface area contributed by atoms with Crippen molar-refractivity contribution < 1.29 is 25.5 Å². The van der Waals surface area contributed by atoms with E-state index >= 15 is 0 Å². The number of aliphatic hydroxyl groups is 5. The lowest BCUT2D eigenvalue weighted by Gasteiger charge is -2.25. The van der Waals surface area contributed by atoms with E-state index < -0.39 is 31.0 Å². The van der Waals surface area contributed by atoms with Crippen LogP contribution in [0.3, 0.4) is 0 Å². The van der Waals surface area contributed by atoms with E-state index in [1.54, 1.807) is 0 Å². The Balaban J connectivity index is 3.70. The summed E-state index contributed by atoms with van der Waals surface area (Å²) in [6.07, 6.45) is 1.45. The summed E-state index contributed by atoms with van der Waals surface area (Å²) in [5.41, 5.74) is 0. The molecule has 0 aliphatic carbocycles. The van der Waals surface area contributed by atoms with Crippen LogP contribution in [0.4, 0.5) is 0 Å². The molecule has 0 aromatic heterocycles. The minimum Gasteiger partial charge on any atom is -0.394 e. The Hall–Kier alpha value is -0.200. The van der Waals surface area contributed by atoms with Gasteiger partial charge < -0.3 is 25.5 Å². The van der Waals surface area contributed by atoms with Gasteiger partial charge in [0, 0.05) is 0 Å². The van der Waals surface area contributed by atoms with E-state index in [1.807, 2.05) is 0 Å². The van der Waals surface area contributed by atoms with Crippen molar-refractivity contribution in [3.8, 4) is 0 Å². The Bertz CT molecular complexity index is 188. The average molecular weight is 264 g/mol. The zero-order valence-corrected chi connectivity index (χ0v) is 11.2. The molecule has 0 saturated carbocycles. The molecular weight excluding hydrogens is 236 g/mol. The van der Waals surface area contributed by atoms with Gasteiger partial charge in [0.25, 0.3) is 0 Å². The number of aliphatic hydroxyl groups excluding tert-OH is 5. The molecule has 5 nitrogen and oxygen atoms in total. The third-order valence-electron chi connectivity index (χ3n) is 3.18. The molecule has 0 heterocycles. The molecule has 0 spiro atoms. The largest absolute Gasteiger partial charge is 0.394 e. The van der Waals surface area contributed by atoms with Crippen molar-refractivity contribution in [1.82, 2.24) is 0 Å². The van der Waals surface area contributed by atoms with Crippen LogP contribution in [0.5, 0.6) is 0 Å². The van der Waals surface area contributed by atoms with Gasteiger partial charge >= 0.3 is 0 Å². The predicted octanol–water partition coefficient (Wildman–Crippen LogP) is 0.173. The molecule has 5 N–H and O–H groups in total. The lowest BCUT2D eigenvalue weighted by Crippen LogP contribution is -2.45. The molecule has 4 atom stereocenters. The van der Waals surface area contributed by atoms with Gasteiger partial charge in [0.15, 0.2) is 0 Å². The van der Waals surface area contributed by atoms with Crippen molar-refractivity contribution in [3.05, 3.63) is 0 Å². The molecule has 0 amide bonds. The van der Waals surface area contributed by atoms with Crippen molar-refractivity contribution in [2.24, 2.45) is 0 Å². The van der Waals surface area contributed by atoms with Gasteiger partial charge in [-0.2, -0.15) is 0 Å². The van der Waals surface area contributed by atoms with Gasteiger partial charge in [0.1, 0.15) is 18.3 Å². The van der Waals surface area contributed by atoms with Crippen LogP contribution in [-0.2, 0) is 0 Å². The van der Waals surface area contributed by atoms with Crippen molar-refractivity contribution in [2.45, 2.75) is 76.3 Å². The van der Waals surface area contributed by atoms with Crippen LogP contribution in [0, 0.1) is 0 Å². The molecule has 0 fully saturated rings. The normalized spacial score (nSPS) is 18.3. The fourth-order valence-corrected chi connectivity index (χ4v) is 1.87. The quantitative estimate of drug-likeness (QED) is 0.343. The van der Waals surface area contributed by atoms with E-state index in [0.29, 0.717) is 6.42 Å². The van der Waals surface area contributed by atoms with E-state index in [2.05, 4.69) is 6.92 Å². The standard InChI is InChI=1S/C13H28O5/c1-2-3-4-5-6-7-8-10(15)12(17)13(18)11(16)9-14/h10-18H,2-9H2,1H3. The highest BCUT2D eigenvalue weighted by molar-refractivity contribution is 4.80. The second-order valence-corrected chi connectivity index (χ2v) is 4.85. The molecule has 0 bridgehead atoms. The van der Waals surface area contributed by atoms with Crippen LogP contribution < -0.4 is 0 Å². The highest BCUT2D eigenvalue weighted by Crippen LogP contribution is 2.13. The first-order chi connectivity index (χ1) is 8.54. The van der Waals surface area contributed by atoms with Gasteiger partial charge in [-0.05, 0) is 6.42 Å².